The largest absolute Gasteiger partial charge is 0.496 e. The predicted octanol–water partition coefficient (Wildman–Crippen LogP) is 5.54. The van der Waals surface area contributed by atoms with Crippen LogP contribution in [0.2, 0.25) is 0 Å². The van der Waals surface area contributed by atoms with Gasteiger partial charge < -0.3 is 14.2 Å². The van der Waals surface area contributed by atoms with Crippen LogP contribution in [0.1, 0.15) is 64.0 Å². The predicted molar refractivity (Wildman–Crippen MR) is 105 cm³/mol. The molecule has 1 saturated heterocycles. The summed E-state index contributed by atoms with van der Waals surface area (Å²) in [6, 6.07) is 4.18. The summed E-state index contributed by atoms with van der Waals surface area (Å²) in [5.74, 6) is 2.44. The smallest absolute Gasteiger partial charge is 0.131 e. The molecule has 0 bridgehead atoms. The molecule has 3 heteroatoms. The number of ether oxygens (including phenoxy) is 3. The lowest BCUT2D eigenvalue weighted by molar-refractivity contribution is 0.0202. The van der Waals surface area contributed by atoms with Crippen molar-refractivity contribution in [1.29, 1.82) is 0 Å². The van der Waals surface area contributed by atoms with Gasteiger partial charge in [0.25, 0.3) is 0 Å². The molecule has 1 spiro atoms. The molecular formula is C23H32O3. The van der Waals surface area contributed by atoms with E-state index in [4.69, 9.17) is 14.2 Å². The summed E-state index contributed by atoms with van der Waals surface area (Å²) in [6.07, 6.45) is 10.4. The number of aryl methyl sites for hydroxylation is 1. The molecule has 2 aliphatic heterocycles. The zero-order valence-electron chi connectivity index (χ0n) is 16.9. The standard InChI is InChI=1S/C23H32O3/c1-16-13-18(24-5)17-7-11-22(4,26-19(17)14-16)12-8-20-21(2,3)9-6-10-23(20)15-25-23/h7,11,13-14,20H,6,8-10,12,15H2,1-5H3/t20-,22+,23+/m0/s1. The van der Waals surface area contributed by atoms with Gasteiger partial charge in [-0.3, -0.25) is 0 Å². The van der Waals surface area contributed by atoms with Gasteiger partial charge in [0.2, 0.25) is 0 Å². The molecular weight excluding hydrogens is 324 g/mol. The Morgan fingerprint density at radius 3 is 2.65 bits per heavy atom. The molecule has 142 valence electrons. The first kappa shape index (κ1) is 17.9. The van der Waals surface area contributed by atoms with E-state index < -0.39 is 0 Å². The van der Waals surface area contributed by atoms with Crippen LogP contribution in [0.25, 0.3) is 6.08 Å². The average Bonchev–Trinajstić information content (AvgIpc) is 3.32. The molecule has 1 aromatic rings. The Morgan fingerprint density at radius 2 is 1.96 bits per heavy atom. The molecule has 4 rings (SSSR count). The van der Waals surface area contributed by atoms with Crippen LogP contribution in [0.4, 0.5) is 0 Å². The first-order valence-electron chi connectivity index (χ1n) is 9.98. The van der Waals surface area contributed by atoms with Crippen molar-refractivity contribution in [2.24, 2.45) is 11.3 Å². The zero-order chi connectivity index (χ0) is 18.6. The minimum Gasteiger partial charge on any atom is -0.496 e. The third-order valence-electron chi connectivity index (χ3n) is 6.86. The van der Waals surface area contributed by atoms with E-state index in [0.29, 0.717) is 11.3 Å². The van der Waals surface area contributed by atoms with E-state index in [2.05, 4.69) is 52.0 Å². The van der Waals surface area contributed by atoms with Gasteiger partial charge in [-0.15, -0.1) is 0 Å². The van der Waals surface area contributed by atoms with Crippen molar-refractivity contribution in [3.8, 4) is 11.5 Å². The van der Waals surface area contributed by atoms with Crippen LogP contribution < -0.4 is 9.47 Å². The third-order valence-corrected chi connectivity index (χ3v) is 6.86. The van der Waals surface area contributed by atoms with Crippen LogP contribution >= 0.6 is 0 Å². The van der Waals surface area contributed by atoms with Crippen LogP contribution in [-0.4, -0.2) is 24.9 Å². The van der Waals surface area contributed by atoms with Gasteiger partial charge in [-0.1, -0.05) is 13.8 Å². The van der Waals surface area contributed by atoms with Crippen molar-refractivity contribution < 1.29 is 14.2 Å². The van der Waals surface area contributed by atoms with Crippen molar-refractivity contribution in [2.75, 3.05) is 13.7 Å². The summed E-state index contributed by atoms with van der Waals surface area (Å²) in [7, 11) is 1.72. The quantitative estimate of drug-likeness (QED) is 0.663. The fraction of sp³-hybridized carbons (Fsp3) is 0.652. The van der Waals surface area contributed by atoms with Crippen LogP contribution in [0, 0.1) is 18.3 Å². The molecule has 0 radical (unpaired) electrons. The van der Waals surface area contributed by atoms with Crippen LogP contribution in [0.5, 0.6) is 11.5 Å². The maximum atomic E-state index is 6.48. The molecule has 0 unspecified atom stereocenters. The highest BCUT2D eigenvalue weighted by Gasteiger charge is 2.58. The van der Waals surface area contributed by atoms with Crippen molar-refractivity contribution in [3.63, 3.8) is 0 Å². The van der Waals surface area contributed by atoms with Gasteiger partial charge in [0, 0.05) is 0 Å². The normalized spacial score (nSPS) is 34.3. The summed E-state index contributed by atoms with van der Waals surface area (Å²) < 4.78 is 18.0. The summed E-state index contributed by atoms with van der Waals surface area (Å²) in [4.78, 5) is 0. The van der Waals surface area contributed by atoms with Gasteiger partial charge in [-0.25, -0.2) is 0 Å². The lowest BCUT2D eigenvalue weighted by Crippen LogP contribution is -2.43. The van der Waals surface area contributed by atoms with Crippen LogP contribution in [0.15, 0.2) is 18.2 Å². The average molecular weight is 357 g/mol. The Hall–Kier alpha value is -1.48. The van der Waals surface area contributed by atoms with Crippen LogP contribution in [-0.2, 0) is 4.74 Å². The zero-order valence-corrected chi connectivity index (χ0v) is 16.9. The summed E-state index contributed by atoms with van der Waals surface area (Å²) in [6.45, 7) is 10.1. The van der Waals surface area contributed by atoms with Gasteiger partial charge in [-0.2, -0.15) is 0 Å². The van der Waals surface area contributed by atoms with E-state index in [-0.39, 0.29) is 11.2 Å². The third kappa shape index (κ3) is 3.05. The van der Waals surface area contributed by atoms with E-state index in [0.717, 1.165) is 42.1 Å². The number of benzene rings is 1. The van der Waals surface area contributed by atoms with Crippen molar-refractivity contribution in [1.82, 2.24) is 0 Å². The fourth-order valence-corrected chi connectivity index (χ4v) is 5.26. The van der Waals surface area contributed by atoms with Gasteiger partial charge in [0.1, 0.15) is 17.1 Å². The van der Waals surface area contributed by atoms with E-state index in [9.17, 15) is 0 Å². The fourth-order valence-electron chi connectivity index (χ4n) is 5.26. The summed E-state index contributed by atoms with van der Waals surface area (Å²) in [5.41, 5.74) is 2.46. The molecule has 2 heterocycles. The first-order valence-corrected chi connectivity index (χ1v) is 9.98. The van der Waals surface area contributed by atoms with Crippen molar-refractivity contribution in [3.05, 3.63) is 29.3 Å². The molecule has 0 aromatic heterocycles. The van der Waals surface area contributed by atoms with Gasteiger partial charge >= 0.3 is 0 Å². The first-order chi connectivity index (χ1) is 12.3. The van der Waals surface area contributed by atoms with E-state index in [1.165, 1.54) is 19.3 Å². The molecule has 0 N–H and O–H groups in total. The van der Waals surface area contributed by atoms with E-state index in [1.54, 1.807) is 7.11 Å². The Balaban J connectivity index is 1.52. The van der Waals surface area contributed by atoms with E-state index in [1.807, 2.05) is 0 Å². The number of hydrogen-bond acceptors (Lipinski definition) is 3. The molecule has 3 nitrogen and oxygen atoms in total. The molecule has 26 heavy (non-hydrogen) atoms. The Labute approximate surface area is 157 Å². The molecule has 0 amide bonds. The maximum absolute atomic E-state index is 6.48. The second kappa shape index (κ2) is 6.02. The highest BCUT2D eigenvalue weighted by molar-refractivity contribution is 5.68. The second-order valence-corrected chi connectivity index (χ2v) is 9.41. The molecule has 1 aromatic carbocycles. The van der Waals surface area contributed by atoms with Crippen molar-refractivity contribution in [2.45, 2.75) is 71.0 Å². The maximum Gasteiger partial charge on any atom is 0.131 e. The monoisotopic (exact) mass is 356 g/mol. The Bertz CT molecular complexity index is 723. The topological polar surface area (TPSA) is 31.0 Å². The second-order valence-electron chi connectivity index (χ2n) is 9.41. The summed E-state index contributed by atoms with van der Waals surface area (Å²) >= 11 is 0. The highest BCUT2D eigenvalue weighted by Crippen LogP contribution is 2.56. The number of methoxy groups -OCH3 is 1. The number of hydrogen-bond donors (Lipinski definition) is 0. The Kier molecular flexibility index (Phi) is 4.15. The SMILES string of the molecule is COc1cc(C)cc2c1C=C[C@](C)(CC[C@H]1C(C)(C)CCC[C@@]13CO3)O2. The number of rotatable bonds is 4. The van der Waals surface area contributed by atoms with Crippen molar-refractivity contribution >= 4 is 6.08 Å². The molecule has 3 atom stereocenters. The van der Waals surface area contributed by atoms with Gasteiger partial charge in [0.05, 0.1) is 24.9 Å². The molecule has 2 fully saturated rings. The lowest BCUT2D eigenvalue weighted by atomic mass is 9.61. The van der Waals surface area contributed by atoms with Crippen LogP contribution in [0.3, 0.4) is 0 Å². The minimum absolute atomic E-state index is 0.161. The summed E-state index contributed by atoms with van der Waals surface area (Å²) in [5, 5.41) is 0. The Morgan fingerprint density at radius 1 is 1.19 bits per heavy atom. The minimum atomic E-state index is -0.268. The van der Waals surface area contributed by atoms with Gasteiger partial charge in [0.15, 0.2) is 0 Å². The number of fused-ring (bicyclic) bond motifs is 1. The van der Waals surface area contributed by atoms with Gasteiger partial charge in [-0.05, 0) is 87.1 Å². The van der Waals surface area contributed by atoms with E-state index >= 15 is 0 Å². The number of epoxide rings is 1. The molecule has 3 aliphatic rings. The lowest BCUT2D eigenvalue weighted by Gasteiger charge is -2.44. The highest BCUT2D eigenvalue weighted by atomic mass is 16.6. The molecule has 1 aliphatic carbocycles. The molecule has 1 saturated carbocycles.